The minimum absolute atomic E-state index is 0.110. The van der Waals surface area contributed by atoms with Crippen LogP contribution in [0.1, 0.15) is 33.1 Å². The molecule has 2 nitrogen and oxygen atoms in total. The van der Waals surface area contributed by atoms with E-state index in [1.165, 1.54) is 0 Å². The zero-order valence-electron chi connectivity index (χ0n) is 11.4. The fourth-order valence-corrected chi connectivity index (χ4v) is 2.70. The number of carbonyl (C=O) groups excluding carboxylic acids is 1. The summed E-state index contributed by atoms with van der Waals surface area (Å²) in [6.07, 6.45) is -0.278. The number of hydrogen-bond donors (Lipinski definition) is 0. The first-order valence-corrected chi connectivity index (χ1v) is 6.51. The van der Waals surface area contributed by atoms with Gasteiger partial charge < -0.3 is 4.74 Å². The van der Waals surface area contributed by atoms with Crippen LogP contribution in [0.4, 0.5) is 22.0 Å². The van der Waals surface area contributed by atoms with E-state index in [2.05, 4.69) is 0 Å². The Morgan fingerprint density at radius 3 is 1.76 bits per heavy atom. The number of Topliss-reactive ketones (excluding diaryl/α,β-unsaturated/α-hetero) is 1. The minimum Gasteiger partial charge on any atom is -0.483 e. The number of hydrogen-bond acceptors (Lipinski definition) is 2. The molecule has 1 fully saturated rings. The van der Waals surface area contributed by atoms with Crippen molar-refractivity contribution in [2.75, 3.05) is 0 Å². The van der Waals surface area contributed by atoms with Crippen LogP contribution < -0.4 is 4.74 Å². The van der Waals surface area contributed by atoms with Gasteiger partial charge >= 0.3 is 0 Å². The Balaban J connectivity index is 2.40. The van der Waals surface area contributed by atoms with Crippen molar-refractivity contribution in [3.63, 3.8) is 0 Å². The van der Waals surface area contributed by atoms with Crippen LogP contribution >= 0.6 is 0 Å². The third-order valence-electron chi connectivity index (χ3n) is 4.23. The molecule has 7 heteroatoms. The van der Waals surface area contributed by atoms with Crippen molar-refractivity contribution in [2.24, 2.45) is 5.41 Å². The molecule has 0 aromatic heterocycles. The molecule has 0 aliphatic heterocycles. The normalized spacial score (nSPS) is 20.3. The summed E-state index contributed by atoms with van der Waals surface area (Å²) in [7, 11) is 0. The molecule has 2 rings (SSSR count). The van der Waals surface area contributed by atoms with E-state index < -0.39 is 46.4 Å². The molecule has 116 valence electrons. The van der Waals surface area contributed by atoms with Crippen molar-refractivity contribution in [3.8, 4) is 5.75 Å². The van der Waals surface area contributed by atoms with Gasteiger partial charge in [0, 0.05) is 6.42 Å². The van der Waals surface area contributed by atoms with Crippen molar-refractivity contribution >= 4 is 5.78 Å². The number of rotatable bonds is 4. The smallest absolute Gasteiger partial charge is 0.207 e. The van der Waals surface area contributed by atoms with Gasteiger partial charge in [0.25, 0.3) is 0 Å². The lowest BCUT2D eigenvalue weighted by molar-refractivity contribution is -0.153. The van der Waals surface area contributed by atoms with E-state index >= 15 is 0 Å². The van der Waals surface area contributed by atoms with Gasteiger partial charge in [0.2, 0.25) is 29.1 Å². The van der Waals surface area contributed by atoms with Crippen LogP contribution in [0.15, 0.2) is 0 Å². The second-order valence-corrected chi connectivity index (χ2v) is 5.00. The first kappa shape index (κ1) is 15.7. The lowest BCUT2D eigenvalue weighted by Crippen LogP contribution is -2.56. The molecular formula is C14H13F5O2. The quantitative estimate of drug-likeness (QED) is 0.479. The van der Waals surface area contributed by atoms with Gasteiger partial charge in [-0.1, -0.05) is 13.8 Å². The van der Waals surface area contributed by atoms with E-state index in [1.54, 1.807) is 13.8 Å². The zero-order chi connectivity index (χ0) is 15.9. The molecule has 0 radical (unpaired) electrons. The first-order chi connectivity index (χ1) is 9.80. The van der Waals surface area contributed by atoms with Crippen molar-refractivity contribution in [3.05, 3.63) is 29.1 Å². The van der Waals surface area contributed by atoms with Gasteiger partial charge in [0.05, 0.1) is 5.41 Å². The van der Waals surface area contributed by atoms with Crippen LogP contribution in [0.2, 0.25) is 0 Å². The highest BCUT2D eigenvalue weighted by molar-refractivity contribution is 5.92. The molecule has 1 unspecified atom stereocenters. The van der Waals surface area contributed by atoms with Crippen LogP contribution in [-0.4, -0.2) is 11.9 Å². The Morgan fingerprint density at radius 2 is 1.38 bits per heavy atom. The maximum Gasteiger partial charge on any atom is 0.207 e. The summed E-state index contributed by atoms with van der Waals surface area (Å²) in [5.41, 5.74) is -0.930. The van der Waals surface area contributed by atoms with Crippen molar-refractivity contribution in [2.45, 2.75) is 39.2 Å². The van der Waals surface area contributed by atoms with Gasteiger partial charge in [0.15, 0.2) is 5.75 Å². The molecule has 0 saturated heterocycles. The highest BCUT2D eigenvalue weighted by atomic mass is 19.2. The fraction of sp³-hybridized carbons (Fsp3) is 0.500. The summed E-state index contributed by atoms with van der Waals surface area (Å²) in [5, 5.41) is 0. The van der Waals surface area contributed by atoms with E-state index in [-0.39, 0.29) is 12.2 Å². The predicted molar refractivity (Wildman–Crippen MR) is 63.3 cm³/mol. The molecule has 0 heterocycles. The van der Waals surface area contributed by atoms with Gasteiger partial charge in [-0.2, -0.15) is 8.78 Å². The molecule has 1 atom stereocenters. The van der Waals surface area contributed by atoms with Crippen LogP contribution in [0.3, 0.4) is 0 Å². The maximum absolute atomic E-state index is 13.5. The van der Waals surface area contributed by atoms with Crippen molar-refractivity contribution in [1.29, 1.82) is 0 Å². The highest BCUT2D eigenvalue weighted by Gasteiger charge is 2.54. The van der Waals surface area contributed by atoms with Crippen molar-refractivity contribution in [1.82, 2.24) is 0 Å². The second-order valence-electron chi connectivity index (χ2n) is 5.00. The molecule has 0 N–H and O–H groups in total. The Kier molecular flexibility index (Phi) is 3.95. The highest BCUT2D eigenvalue weighted by Crippen LogP contribution is 2.46. The SMILES string of the molecule is CCC1(CC)C(=O)CC1Oc1c(F)c(F)c(F)c(F)c1F. The number of carbonyl (C=O) groups is 1. The summed E-state index contributed by atoms with van der Waals surface area (Å²) in [6.45, 7) is 3.41. The molecule has 0 bridgehead atoms. The number of benzene rings is 1. The van der Waals surface area contributed by atoms with Crippen LogP contribution in [0, 0.1) is 34.5 Å². The lowest BCUT2D eigenvalue weighted by atomic mass is 9.61. The average molecular weight is 308 g/mol. The summed E-state index contributed by atoms with van der Waals surface area (Å²) >= 11 is 0. The molecule has 21 heavy (non-hydrogen) atoms. The van der Waals surface area contributed by atoms with Gasteiger partial charge in [-0.05, 0) is 12.8 Å². The molecule has 0 amide bonds. The minimum atomic E-state index is -2.24. The first-order valence-electron chi connectivity index (χ1n) is 6.51. The van der Waals surface area contributed by atoms with Gasteiger partial charge in [-0.3, -0.25) is 4.79 Å². The maximum atomic E-state index is 13.5. The topological polar surface area (TPSA) is 26.3 Å². The molecule has 0 spiro atoms. The molecule has 1 aromatic carbocycles. The zero-order valence-corrected chi connectivity index (χ0v) is 11.4. The number of ether oxygens (including phenoxy) is 1. The van der Waals surface area contributed by atoms with Crippen LogP contribution in [-0.2, 0) is 4.79 Å². The van der Waals surface area contributed by atoms with Gasteiger partial charge in [0.1, 0.15) is 11.9 Å². The number of ketones is 1. The molecule has 1 saturated carbocycles. The third kappa shape index (κ3) is 2.10. The Labute approximate surface area is 117 Å². The molecule has 1 aliphatic rings. The van der Waals surface area contributed by atoms with E-state index in [0.717, 1.165) is 0 Å². The summed E-state index contributed by atoms with van der Waals surface area (Å²) in [5.74, 6) is -11.9. The van der Waals surface area contributed by atoms with E-state index in [4.69, 9.17) is 4.74 Å². The van der Waals surface area contributed by atoms with E-state index in [9.17, 15) is 26.7 Å². The molecule has 1 aromatic rings. The Morgan fingerprint density at radius 1 is 0.952 bits per heavy atom. The second kappa shape index (κ2) is 5.27. The largest absolute Gasteiger partial charge is 0.483 e. The number of halogens is 5. The van der Waals surface area contributed by atoms with Crippen molar-refractivity contribution < 1.29 is 31.5 Å². The summed E-state index contributed by atoms with van der Waals surface area (Å²) < 4.78 is 71.2. The third-order valence-corrected chi connectivity index (χ3v) is 4.23. The van der Waals surface area contributed by atoms with E-state index in [0.29, 0.717) is 12.8 Å². The Bertz CT molecular complexity index is 567. The lowest BCUT2D eigenvalue weighted by Gasteiger charge is -2.46. The molecule has 1 aliphatic carbocycles. The standard InChI is InChI=1S/C14H13F5O2/c1-3-14(4-2)6(20)5-7(14)21-13-11(18)9(16)8(15)10(17)12(13)19/h7H,3-5H2,1-2H3. The van der Waals surface area contributed by atoms with Crippen LogP contribution in [0.5, 0.6) is 5.75 Å². The monoisotopic (exact) mass is 308 g/mol. The predicted octanol–water partition coefficient (Wildman–Crippen LogP) is 3.91. The average Bonchev–Trinajstić information content (AvgIpc) is 2.47. The van der Waals surface area contributed by atoms with Gasteiger partial charge in [-0.15, -0.1) is 0 Å². The Hall–Kier alpha value is -1.66. The van der Waals surface area contributed by atoms with E-state index in [1.807, 2.05) is 0 Å². The fourth-order valence-electron chi connectivity index (χ4n) is 2.70. The molecular weight excluding hydrogens is 295 g/mol. The van der Waals surface area contributed by atoms with Gasteiger partial charge in [-0.25, -0.2) is 13.2 Å². The summed E-state index contributed by atoms with van der Waals surface area (Å²) in [4.78, 5) is 11.7. The van der Waals surface area contributed by atoms with Crippen LogP contribution in [0.25, 0.3) is 0 Å². The summed E-state index contributed by atoms with van der Waals surface area (Å²) in [6, 6.07) is 0.